The van der Waals surface area contributed by atoms with Crippen LogP contribution in [0.25, 0.3) is 11.0 Å². The largest absolute Gasteiger partial charge is 0.451 e. The predicted octanol–water partition coefficient (Wildman–Crippen LogP) is 1.67. The average molecular weight is 331 g/mol. The molecule has 0 aliphatic carbocycles. The standard InChI is InChI=1S/C13H15ClN2O4S/c1-8-10-7-9(14)3-4-11(10)20-12(8)13(17)15-5-6-16-21(2,18)19/h3-4,7,16H,5-6H2,1-2H3,(H,15,17). The molecule has 0 spiro atoms. The molecular weight excluding hydrogens is 316 g/mol. The number of rotatable bonds is 5. The van der Waals surface area contributed by atoms with E-state index < -0.39 is 15.9 Å². The summed E-state index contributed by atoms with van der Waals surface area (Å²) in [4.78, 5) is 12.0. The number of sulfonamides is 1. The summed E-state index contributed by atoms with van der Waals surface area (Å²) in [6.45, 7) is 2.06. The summed E-state index contributed by atoms with van der Waals surface area (Å²) < 4.78 is 29.6. The van der Waals surface area contributed by atoms with Gasteiger partial charge in [0.05, 0.1) is 6.26 Å². The molecule has 0 saturated heterocycles. The molecule has 2 N–H and O–H groups in total. The van der Waals surface area contributed by atoms with Crippen LogP contribution >= 0.6 is 11.6 Å². The highest BCUT2D eigenvalue weighted by Gasteiger charge is 2.17. The van der Waals surface area contributed by atoms with Crippen molar-refractivity contribution in [3.05, 3.63) is 34.5 Å². The second-order valence-electron chi connectivity index (χ2n) is 4.62. The maximum absolute atomic E-state index is 12.0. The number of carbonyl (C=O) groups excluding carboxylic acids is 1. The molecule has 0 aliphatic heterocycles. The molecule has 0 radical (unpaired) electrons. The molecule has 2 rings (SSSR count). The van der Waals surface area contributed by atoms with E-state index in [9.17, 15) is 13.2 Å². The minimum absolute atomic E-state index is 0.121. The number of carbonyl (C=O) groups is 1. The minimum Gasteiger partial charge on any atom is -0.451 e. The normalized spacial score (nSPS) is 11.8. The Morgan fingerprint density at radius 1 is 1.33 bits per heavy atom. The summed E-state index contributed by atoms with van der Waals surface area (Å²) in [7, 11) is -3.26. The highest BCUT2D eigenvalue weighted by Crippen LogP contribution is 2.27. The van der Waals surface area contributed by atoms with E-state index in [2.05, 4.69) is 10.0 Å². The molecule has 8 heteroatoms. The maximum Gasteiger partial charge on any atom is 0.287 e. The van der Waals surface area contributed by atoms with Gasteiger partial charge in [-0.1, -0.05) is 11.6 Å². The van der Waals surface area contributed by atoms with Gasteiger partial charge in [0, 0.05) is 29.1 Å². The first-order valence-electron chi connectivity index (χ1n) is 6.19. The molecule has 6 nitrogen and oxygen atoms in total. The summed E-state index contributed by atoms with van der Waals surface area (Å²) >= 11 is 5.92. The van der Waals surface area contributed by atoms with Crippen LogP contribution in [-0.2, 0) is 10.0 Å². The Hall–Kier alpha value is -1.57. The molecule has 21 heavy (non-hydrogen) atoms. The monoisotopic (exact) mass is 330 g/mol. The van der Waals surface area contributed by atoms with Crippen molar-refractivity contribution in [1.29, 1.82) is 0 Å². The highest BCUT2D eigenvalue weighted by molar-refractivity contribution is 7.88. The SMILES string of the molecule is Cc1c(C(=O)NCCNS(C)(=O)=O)oc2ccc(Cl)cc12. The fraction of sp³-hybridized carbons (Fsp3) is 0.308. The second-order valence-corrected chi connectivity index (χ2v) is 6.89. The molecule has 1 amide bonds. The van der Waals surface area contributed by atoms with E-state index in [-0.39, 0.29) is 18.8 Å². The molecule has 0 fully saturated rings. The molecule has 0 atom stereocenters. The Kier molecular flexibility index (Phi) is 4.55. The van der Waals surface area contributed by atoms with Crippen LogP contribution in [0.15, 0.2) is 22.6 Å². The lowest BCUT2D eigenvalue weighted by Gasteiger charge is -2.04. The van der Waals surface area contributed by atoms with Crippen LogP contribution in [0.4, 0.5) is 0 Å². The van der Waals surface area contributed by atoms with Crippen LogP contribution in [-0.4, -0.2) is 33.7 Å². The van der Waals surface area contributed by atoms with Crippen molar-refractivity contribution in [1.82, 2.24) is 10.0 Å². The lowest BCUT2D eigenvalue weighted by molar-refractivity contribution is 0.0928. The van der Waals surface area contributed by atoms with Crippen LogP contribution in [0.3, 0.4) is 0 Å². The number of furan rings is 1. The molecule has 1 heterocycles. The molecule has 0 bridgehead atoms. The first-order valence-corrected chi connectivity index (χ1v) is 8.46. The topological polar surface area (TPSA) is 88.4 Å². The third-order valence-electron chi connectivity index (χ3n) is 2.88. The Morgan fingerprint density at radius 3 is 2.71 bits per heavy atom. The molecule has 0 unspecified atom stereocenters. The van der Waals surface area contributed by atoms with E-state index in [4.69, 9.17) is 16.0 Å². The summed E-state index contributed by atoms with van der Waals surface area (Å²) in [5.41, 5.74) is 1.28. The van der Waals surface area contributed by atoms with E-state index in [1.54, 1.807) is 25.1 Å². The van der Waals surface area contributed by atoms with Crippen molar-refractivity contribution in [2.75, 3.05) is 19.3 Å². The molecule has 1 aromatic heterocycles. The number of benzene rings is 1. The van der Waals surface area contributed by atoms with Crippen molar-refractivity contribution >= 4 is 38.5 Å². The summed E-state index contributed by atoms with van der Waals surface area (Å²) in [6, 6.07) is 5.12. The van der Waals surface area contributed by atoms with Crippen molar-refractivity contribution in [2.24, 2.45) is 0 Å². The summed E-state index contributed by atoms with van der Waals surface area (Å²) in [5.74, 6) is -0.193. The number of halogens is 1. The van der Waals surface area contributed by atoms with Gasteiger partial charge < -0.3 is 9.73 Å². The van der Waals surface area contributed by atoms with Crippen molar-refractivity contribution < 1.29 is 17.6 Å². The number of fused-ring (bicyclic) bond motifs is 1. The van der Waals surface area contributed by atoms with Gasteiger partial charge in [0.25, 0.3) is 5.91 Å². The number of hydrogen-bond donors (Lipinski definition) is 2. The van der Waals surface area contributed by atoms with Gasteiger partial charge in [0.2, 0.25) is 10.0 Å². The summed E-state index contributed by atoms with van der Waals surface area (Å²) in [6.07, 6.45) is 1.06. The van der Waals surface area contributed by atoms with Crippen LogP contribution in [0.5, 0.6) is 0 Å². The Labute approximate surface area is 127 Å². The lowest BCUT2D eigenvalue weighted by atomic mass is 10.1. The second kappa shape index (κ2) is 6.05. The third kappa shape index (κ3) is 3.96. The minimum atomic E-state index is -3.26. The molecule has 2 aromatic rings. The maximum atomic E-state index is 12.0. The van der Waals surface area contributed by atoms with Crippen LogP contribution < -0.4 is 10.0 Å². The van der Waals surface area contributed by atoms with Crippen molar-refractivity contribution in [3.8, 4) is 0 Å². The Morgan fingerprint density at radius 2 is 2.05 bits per heavy atom. The van der Waals surface area contributed by atoms with Gasteiger partial charge in [-0.15, -0.1) is 0 Å². The van der Waals surface area contributed by atoms with Gasteiger partial charge in [-0.3, -0.25) is 4.79 Å². The molecule has 114 valence electrons. The van der Waals surface area contributed by atoms with E-state index in [0.717, 1.165) is 11.6 Å². The van der Waals surface area contributed by atoms with Gasteiger partial charge in [-0.2, -0.15) is 0 Å². The zero-order chi connectivity index (χ0) is 15.6. The molecular formula is C13H15ClN2O4S. The smallest absolute Gasteiger partial charge is 0.287 e. The number of hydrogen-bond acceptors (Lipinski definition) is 4. The molecule has 1 aromatic carbocycles. The Bertz CT molecular complexity index is 783. The van der Waals surface area contributed by atoms with Crippen molar-refractivity contribution in [3.63, 3.8) is 0 Å². The zero-order valence-corrected chi connectivity index (χ0v) is 13.1. The highest BCUT2D eigenvalue weighted by atomic mass is 35.5. The first-order chi connectivity index (χ1) is 9.78. The summed E-state index contributed by atoms with van der Waals surface area (Å²) in [5, 5.41) is 3.94. The van der Waals surface area contributed by atoms with Gasteiger partial charge in [0.1, 0.15) is 5.58 Å². The number of nitrogens with one attached hydrogen (secondary N) is 2. The third-order valence-corrected chi connectivity index (χ3v) is 3.84. The fourth-order valence-corrected chi connectivity index (χ4v) is 2.55. The van der Waals surface area contributed by atoms with Gasteiger partial charge in [-0.05, 0) is 25.1 Å². The van der Waals surface area contributed by atoms with E-state index in [0.29, 0.717) is 16.2 Å². The van der Waals surface area contributed by atoms with Crippen molar-refractivity contribution in [2.45, 2.75) is 6.92 Å². The number of aryl methyl sites for hydroxylation is 1. The molecule has 0 aliphatic rings. The predicted molar refractivity (Wildman–Crippen MR) is 81.1 cm³/mol. The van der Waals surface area contributed by atoms with E-state index in [1.807, 2.05) is 0 Å². The average Bonchev–Trinajstić information content (AvgIpc) is 2.71. The molecule has 0 saturated carbocycles. The zero-order valence-electron chi connectivity index (χ0n) is 11.6. The van der Waals surface area contributed by atoms with Crippen LogP contribution in [0, 0.1) is 6.92 Å². The van der Waals surface area contributed by atoms with Crippen LogP contribution in [0.1, 0.15) is 16.1 Å². The first kappa shape index (κ1) is 15.8. The fourth-order valence-electron chi connectivity index (χ4n) is 1.90. The van der Waals surface area contributed by atoms with Gasteiger partial charge in [0.15, 0.2) is 5.76 Å². The van der Waals surface area contributed by atoms with Gasteiger partial charge in [-0.25, -0.2) is 13.1 Å². The Balaban J connectivity index is 2.08. The number of amides is 1. The van der Waals surface area contributed by atoms with E-state index in [1.165, 1.54) is 0 Å². The van der Waals surface area contributed by atoms with Crippen LogP contribution in [0.2, 0.25) is 5.02 Å². The lowest BCUT2D eigenvalue weighted by Crippen LogP contribution is -2.34. The van der Waals surface area contributed by atoms with E-state index >= 15 is 0 Å². The quantitative estimate of drug-likeness (QED) is 0.816. The van der Waals surface area contributed by atoms with Gasteiger partial charge >= 0.3 is 0 Å².